The quantitative estimate of drug-likeness (QED) is 0.468. The Morgan fingerprint density at radius 3 is 2.59 bits per heavy atom. The first-order valence-corrected chi connectivity index (χ1v) is 6.24. The van der Waals surface area contributed by atoms with Crippen molar-refractivity contribution in [3.8, 4) is 0 Å². The molecule has 6 nitrogen and oxygen atoms in total. The molecule has 0 amide bonds. The summed E-state index contributed by atoms with van der Waals surface area (Å²) in [5, 5.41) is 12.3. The average Bonchev–Trinajstić information content (AvgIpc) is 2.30. The molecule has 96 valence electrons. The Morgan fingerprint density at radius 2 is 2.06 bits per heavy atom. The summed E-state index contributed by atoms with van der Waals surface area (Å²) in [5.74, 6) is 6.91. The van der Waals surface area contributed by atoms with E-state index in [2.05, 4.69) is 50.5 Å². The third-order valence-corrected chi connectivity index (χ3v) is 3.24. The van der Waals surface area contributed by atoms with Gasteiger partial charge in [0.15, 0.2) is 5.82 Å². The third kappa shape index (κ3) is 3.79. The van der Waals surface area contributed by atoms with Crippen LogP contribution in [0.15, 0.2) is 10.8 Å². The lowest BCUT2D eigenvalue weighted by atomic mass is 10.0. The van der Waals surface area contributed by atoms with Crippen molar-refractivity contribution in [1.82, 2.24) is 9.97 Å². The lowest BCUT2D eigenvalue weighted by Gasteiger charge is -2.22. The molecule has 0 aliphatic heterocycles. The molecule has 0 fully saturated rings. The first-order chi connectivity index (χ1) is 8.10. The van der Waals surface area contributed by atoms with Crippen LogP contribution in [-0.4, -0.2) is 27.7 Å². The van der Waals surface area contributed by atoms with Gasteiger partial charge in [-0.15, -0.1) is 0 Å². The van der Waals surface area contributed by atoms with Crippen molar-refractivity contribution in [2.45, 2.75) is 26.3 Å². The molecule has 0 radical (unpaired) electrons. The Hall–Kier alpha value is -0.920. The van der Waals surface area contributed by atoms with Gasteiger partial charge in [-0.1, -0.05) is 13.8 Å². The third-order valence-electron chi connectivity index (χ3n) is 2.49. The molecule has 0 spiro atoms. The van der Waals surface area contributed by atoms with Crippen molar-refractivity contribution >= 4 is 27.6 Å². The van der Waals surface area contributed by atoms with Crippen molar-refractivity contribution in [1.29, 1.82) is 0 Å². The smallest absolute Gasteiger partial charge is 0.159 e. The van der Waals surface area contributed by atoms with E-state index in [0.717, 1.165) is 0 Å². The number of hydrogen-bond donors (Lipinski definition) is 4. The molecule has 5 N–H and O–H groups in total. The molecule has 1 heterocycles. The van der Waals surface area contributed by atoms with E-state index >= 15 is 0 Å². The molecule has 0 aromatic carbocycles. The summed E-state index contributed by atoms with van der Waals surface area (Å²) in [4.78, 5) is 8.12. The Labute approximate surface area is 109 Å². The van der Waals surface area contributed by atoms with Gasteiger partial charge in [0.1, 0.15) is 16.6 Å². The molecule has 1 aromatic heterocycles. The fourth-order valence-corrected chi connectivity index (χ4v) is 1.89. The maximum Gasteiger partial charge on any atom is 0.159 e. The van der Waals surface area contributed by atoms with Gasteiger partial charge in [-0.2, -0.15) is 0 Å². The second-order valence-corrected chi connectivity index (χ2v) is 4.83. The number of halogens is 1. The topological polar surface area (TPSA) is 96.1 Å². The van der Waals surface area contributed by atoms with E-state index in [9.17, 15) is 0 Å². The van der Waals surface area contributed by atoms with Gasteiger partial charge in [0.05, 0.1) is 0 Å². The van der Waals surface area contributed by atoms with Crippen LogP contribution in [0.2, 0.25) is 0 Å². The van der Waals surface area contributed by atoms with Crippen LogP contribution in [0.5, 0.6) is 0 Å². The highest BCUT2D eigenvalue weighted by atomic mass is 79.9. The summed E-state index contributed by atoms with van der Waals surface area (Å²) >= 11 is 3.38. The molecule has 1 unspecified atom stereocenters. The van der Waals surface area contributed by atoms with Gasteiger partial charge in [0.25, 0.3) is 0 Å². The Bertz CT molecular complexity index is 361. The van der Waals surface area contributed by atoms with E-state index in [1.54, 1.807) is 0 Å². The van der Waals surface area contributed by atoms with E-state index in [1.165, 1.54) is 6.33 Å². The molecule has 1 atom stereocenters. The number of hydrogen-bond acceptors (Lipinski definition) is 6. The van der Waals surface area contributed by atoms with Gasteiger partial charge in [-0.3, -0.25) is 0 Å². The number of anilines is 2. The Balaban J connectivity index is 2.85. The molecule has 17 heavy (non-hydrogen) atoms. The molecule has 0 aliphatic carbocycles. The number of nitrogens with zero attached hydrogens (tertiary/aromatic N) is 2. The van der Waals surface area contributed by atoms with Crippen molar-refractivity contribution in [3.05, 3.63) is 10.8 Å². The number of aliphatic hydroxyl groups is 1. The summed E-state index contributed by atoms with van der Waals surface area (Å²) in [6.45, 7) is 4.32. The average molecular weight is 304 g/mol. The Kier molecular flexibility index (Phi) is 5.60. The van der Waals surface area contributed by atoms with Crippen LogP contribution >= 0.6 is 15.9 Å². The largest absolute Gasteiger partial charge is 0.396 e. The molecule has 0 saturated heterocycles. The van der Waals surface area contributed by atoms with Gasteiger partial charge < -0.3 is 15.8 Å². The van der Waals surface area contributed by atoms with E-state index in [4.69, 9.17) is 10.9 Å². The number of aromatic nitrogens is 2. The number of nitrogens with one attached hydrogen (secondary N) is 2. The van der Waals surface area contributed by atoms with Crippen LogP contribution in [0.3, 0.4) is 0 Å². The zero-order valence-corrected chi connectivity index (χ0v) is 11.5. The standard InChI is InChI=1S/C10H18BrN5O/c1-6(2)7(3-4-17)15-9-8(11)10(16-12)14-5-13-9/h5-7,17H,3-4,12H2,1-2H3,(H2,13,14,15,16). The fraction of sp³-hybridized carbons (Fsp3) is 0.600. The molecular formula is C10H18BrN5O. The number of nitrogens with two attached hydrogens (primary N) is 1. The predicted molar refractivity (Wildman–Crippen MR) is 71.5 cm³/mol. The molecule has 0 aliphatic rings. The van der Waals surface area contributed by atoms with Crippen molar-refractivity contribution < 1.29 is 5.11 Å². The second kappa shape index (κ2) is 6.73. The van der Waals surface area contributed by atoms with E-state index in [-0.39, 0.29) is 12.6 Å². The van der Waals surface area contributed by atoms with Crippen molar-refractivity contribution in [2.24, 2.45) is 11.8 Å². The van der Waals surface area contributed by atoms with Crippen LogP contribution in [0.4, 0.5) is 11.6 Å². The molecule has 7 heteroatoms. The maximum atomic E-state index is 9.02. The van der Waals surface area contributed by atoms with Crippen LogP contribution in [0.1, 0.15) is 20.3 Å². The summed E-state index contributed by atoms with van der Waals surface area (Å²) < 4.78 is 0.686. The first kappa shape index (κ1) is 14.1. The fourth-order valence-electron chi connectivity index (χ4n) is 1.46. The highest BCUT2D eigenvalue weighted by molar-refractivity contribution is 9.10. The number of nitrogen functional groups attached to an aromatic ring is 1. The summed E-state index contributed by atoms with van der Waals surface area (Å²) in [7, 11) is 0. The number of hydrazine groups is 1. The van der Waals surface area contributed by atoms with Gasteiger partial charge in [-0.05, 0) is 28.3 Å². The van der Waals surface area contributed by atoms with Crippen LogP contribution < -0.4 is 16.6 Å². The van der Waals surface area contributed by atoms with Crippen LogP contribution in [-0.2, 0) is 0 Å². The van der Waals surface area contributed by atoms with Gasteiger partial charge >= 0.3 is 0 Å². The number of aliphatic hydroxyl groups excluding tert-OH is 1. The SMILES string of the molecule is CC(C)C(CCO)Nc1ncnc(NN)c1Br. The highest BCUT2D eigenvalue weighted by Crippen LogP contribution is 2.27. The first-order valence-electron chi connectivity index (χ1n) is 5.44. The highest BCUT2D eigenvalue weighted by Gasteiger charge is 2.16. The normalized spacial score (nSPS) is 12.6. The van der Waals surface area contributed by atoms with Crippen LogP contribution in [0.25, 0.3) is 0 Å². The molecule has 0 bridgehead atoms. The predicted octanol–water partition coefficient (Wildman–Crippen LogP) is 1.34. The zero-order valence-electron chi connectivity index (χ0n) is 9.94. The van der Waals surface area contributed by atoms with Gasteiger partial charge in [-0.25, -0.2) is 15.8 Å². The molecule has 1 rings (SSSR count). The molecule has 0 saturated carbocycles. The molecular weight excluding hydrogens is 286 g/mol. The minimum absolute atomic E-state index is 0.139. The lowest BCUT2D eigenvalue weighted by molar-refractivity contribution is 0.267. The van der Waals surface area contributed by atoms with Crippen LogP contribution in [0, 0.1) is 5.92 Å². The summed E-state index contributed by atoms with van der Waals surface area (Å²) in [6, 6.07) is 0.150. The van der Waals surface area contributed by atoms with E-state index in [0.29, 0.717) is 28.4 Å². The van der Waals surface area contributed by atoms with E-state index < -0.39 is 0 Å². The summed E-state index contributed by atoms with van der Waals surface area (Å²) in [5.41, 5.74) is 2.48. The van der Waals surface area contributed by atoms with Crippen molar-refractivity contribution in [3.63, 3.8) is 0 Å². The Morgan fingerprint density at radius 1 is 1.41 bits per heavy atom. The minimum atomic E-state index is 0.139. The minimum Gasteiger partial charge on any atom is -0.396 e. The number of rotatable bonds is 6. The van der Waals surface area contributed by atoms with Crippen molar-refractivity contribution in [2.75, 3.05) is 17.3 Å². The van der Waals surface area contributed by atoms with E-state index in [1.807, 2.05) is 0 Å². The lowest BCUT2D eigenvalue weighted by Crippen LogP contribution is -2.27. The zero-order chi connectivity index (χ0) is 12.8. The van der Waals surface area contributed by atoms with Gasteiger partial charge in [0, 0.05) is 12.6 Å². The monoisotopic (exact) mass is 303 g/mol. The second-order valence-electron chi connectivity index (χ2n) is 4.04. The maximum absolute atomic E-state index is 9.02. The summed E-state index contributed by atoms with van der Waals surface area (Å²) in [6.07, 6.45) is 2.10. The van der Waals surface area contributed by atoms with Gasteiger partial charge in [0.2, 0.25) is 0 Å². The molecule has 1 aromatic rings.